The summed E-state index contributed by atoms with van der Waals surface area (Å²) in [5.41, 5.74) is 0.448. The lowest BCUT2D eigenvalue weighted by atomic mass is 9.79. The zero-order valence-electron chi connectivity index (χ0n) is 12.0. The van der Waals surface area contributed by atoms with Crippen LogP contribution in [0.2, 0.25) is 0 Å². The molecule has 1 saturated carbocycles. The fourth-order valence-corrected chi connectivity index (χ4v) is 3.59. The summed E-state index contributed by atoms with van der Waals surface area (Å²) < 4.78 is 2.05. The van der Waals surface area contributed by atoms with Gasteiger partial charge in [0.05, 0.1) is 6.54 Å². The van der Waals surface area contributed by atoms with Crippen molar-refractivity contribution in [2.24, 2.45) is 0 Å². The third-order valence-corrected chi connectivity index (χ3v) is 4.63. The molecule has 20 heavy (non-hydrogen) atoms. The van der Waals surface area contributed by atoms with Crippen molar-refractivity contribution in [1.29, 1.82) is 0 Å². The number of aromatic nitrogens is 2. The molecular formula is C14H26Cl2N4. The van der Waals surface area contributed by atoms with Crippen LogP contribution in [0.5, 0.6) is 0 Å². The summed E-state index contributed by atoms with van der Waals surface area (Å²) in [4.78, 5) is 2.73. The van der Waals surface area contributed by atoms with E-state index < -0.39 is 0 Å². The minimum atomic E-state index is 0. The second kappa shape index (κ2) is 8.23. The Morgan fingerprint density at radius 1 is 1.10 bits per heavy atom. The van der Waals surface area contributed by atoms with E-state index in [9.17, 15) is 0 Å². The SMILES string of the molecule is Cl.Cl.c1cnn(CCN2CCNCC23CCCCC3)c1. The number of rotatable bonds is 3. The van der Waals surface area contributed by atoms with Gasteiger partial charge in [-0.05, 0) is 18.9 Å². The molecule has 0 aromatic carbocycles. The molecule has 1 aromatic rings. The van der Waals surface area contributed by atoms with E-state index in [0.29, 0.717) is 5.54 Å². The van der Waals surface area contributed by atoms with Crippen molar-refractivity contribution >= 4 is 24.8 Å². The number of piperazine rings is 1. The topological polar surface area (TPSA) is 33.1 Å². The molecule has 1 N–H and O–H groups in total. The Labute approximate surface area is 134 Å². The Bertz CT molecular complexity index is 355. The van der Waals surface area contributed by atoms with Crippen molar-refractivity contribution in [3.63, 3.8) is 0 Å². The van der Waals surface area contributed by atoms with Gasteiger partial charge in [-0.25, -0.2) is 0 Å². The lowest BCUT2D eigenvalue weighted by Gasteiger charge is -2.50. The summed E-state index contributed by atoms with van der Waals surface area (Å²) in [5.74, 6) is 0. The van der Waals surface area contributed by atoms with Gasteiger partial charge in [-0.15, -0.1) is 24.8 Å². The van der Waals surface area contributed by atoms with Gasteiger partial charge >= 0.3 is 0 Å². The fraction of sp³-hybridized carbons (Fsp3) is 0.786. The molecule has 6 heteroatoms. The highest BCUT2D eigenvalue weighted by Crippen LogP contribution is 2.34. The van der Waals surface area contributed by atoms with Crippen LogP contribution in [0.4, 0.5) is 0 Å². The number of hydrogen-bond acceptors (Lipinski definition) is 3. The normalized spacial score (nSPS) is 22.0. The van der Waals surface area contributed by atoms with Gasteiger partial charge in [0.15, 0.2) is 0 Å². The van der Waals surface area contributed by atoms with Crippen LogP contribution in [0.1, 0.15) is 32.1 Å². The Morgan fingerprint density at radius 3 is 2.60 bits per heavy atom. The van der Waals surface area contributed by atoms with Crippen molar-refractivity contribution in [3.05, 3.63) is 18.5 Å². The van der Waals surface area contributed by atoms with E-state index in [-0.39, 0.29) is 24.8 Å². The predicted octanol–water partition coefficient (Wildman–Crippen LogP) is 2.33. The van der Waals surface area contributed by atoms with E-state index in [1.54, 1.807) is 0 Å². The fourth-order valence-electron chi connectivity index (χ4n) is 3.59. The first-order valence-electron chi connectivity index (χ1n) is 7.32. The Hall–Kier alpha value is -0.290. The molecule has 2 aliphatic rings. The number of nitrogens with zero attached hydrogens (tertiary/aromatic N) is 3. The first-order chi connectivity index (χ1) is 8.89. The van der Waals surface area contributed by atoms with E-state index in [1.807, 2.05) is 12.3 Å². The zero-order valence-corrected chi connectivity index (χ0v) is 13.6. The van der Waals surface area contributed by atoms with Crippen LogP contribution < -0.4 is 5.32 Å². The quantitative estimate of drug-likeness (QED) is 0.928. The molecular weight excluding hydrogens is 295 g/mol. The molecule has 0 unspecified atom stereocenters. The number of hydrogen-bond donors (Lipinski definition) is 1. The van der Waals surface area contributed by atoms with Crippen LogP contribution in [0.15, 0.2) is 18.5 Å². The summed E-state index contributed by atoms with van der Waals surface area (Å²) in [6.07, 6.45) is 10.9. The molecule has 1 spiro atoms. The van der Waals surface area contributed by atoms with Crippen LogP contribution in [0.3, 0.4) is 0 Å². The summed E-state index contributed by atoms with van der Waals surface area (Å²) >= 11 is 0. The van der Waals surface area contributed by atoms with Gasteiger partial charge in [-0.1, -0.05) is 19.3 Å². The highest BCUT2D eigenvalue weighted by Gasteiger charge is 2.39. The number of halogens is 2. The molecule has 0 amide bonds. The standard InChI is InChI=1S/C14H24N4.2ClH/c1-2-5-14(6-3-1)13-15-8-10-17(14)11-12-18-9-4-7-16-18;;/h4,7,9,15H,1-3,5-6,8,10-13H2;2*1H. The van der Waals surface area contributed by atoms with Gasteiger partial charge < -0.3 is 5.32 Å². The molecule has 1 aliphatic carbocycles. The molecule has 2 heterocycles. The second-order valence-corrected chi connectivity index (χ2v) is 5.72. The van der Waals surface area contributed by atoms with Crippen molar-refractivity contribution in [3.8, 4) is 0 Å². The monoisotopic (exact) mass is 320 g/mol. The first kappa shape index (κ1) is 17.8. The maximum Gasteiger partial charge on any atom is 0.0536 e. The summed E-state index contributed by atoms with van der Waals surface area (Å²) in [7, 11) is 0. The zero-order chi connectivity index (χ0) is 12.3. The smallest absolute Gasteiger partial charge is 0.0536 e. The van der Waals surface area contributed by atoms with Crippen molar-refractivity contribution < 1.29 is 0 Å². The Balaban J connectivity index is 0.000001000. The highest BCUT2D eigenvalue weighted by atomic mass is 35.5. The van der Waals surface area contributed by atoms with Crippen LogP contribution >= 0.6 is 24.8 Å². The third-order valence-electron chi connectivity index (χ3n) is 4.63. The van der Waals surface area contributed by atoms with Crippen LogP contribution in [-0.2, 0) is 6.54 Å². The molecule has 2 fully saturated rings. The van der Waals surface area contributed by atoms with Gasteiger partial charge in [0.2, 0.25) is 0 Å². The molecule has 116 valence electrons. The minimum absolute atomic E-state index is 0. The highest BCUT2D eigenvalue weighted by molar-refractivity contribution is 5.85. The predicted molar refractivity (Wildman–Crippen MR) is 87.0 cm³/mol. The minimum Gasteiger partial charge on any atom is -0.314 e. The second-order valence-electron chi connectivity index (χ2n) is 5.72. The number of nitrogens with one attached hydrogen (secondary N) is 1. The third kappa shape index (κ3) is 3.88. The van der Waals surface area contributed by atoms with Gasteiger partial charge in [-0.2, -0.15) is 5.10 Å². The van der Waals surface area contributed by atoms with E-state index in [4.69, 9.17) is 0 Å². The molecule has 1 saturated heterocycles. The maximum absolute atomic E-state index is 4.31. The largest absolute Gasteiger partial charge is 0.314 e. The molecule has 0 atom stereocenters. The van der Waals surface area contributed by atoms with E-state index in [1.165, 1.54) is 45.2 Å². The molecule has 0 bridgehead atoms. The summed E-state index contributed by atoms with van der Waals surface area (Å²) in [6.45, 7) is 5.69. The van der Waals surface area contributed by atoms with Gasteiger partial charge in [0.1, 0.15) is 0 Å². The van der Waals surface area contributed by atoms with Gasteiger partial charge in [0, 0.05) is 44.1 Å². The van der Waals surface area contributed by atoms with Crippen LogP contribution in [-0.4, -0.2) is 46.4 Å². The first-order valence-corrected chi connectivity index (χ1v) is 7.32. The van der Waals surface area contributed by atoms with Crippen molar-refractivity contribution in [2.45, 2.75) is 44.2 Å². The summed E-state index contributed by atoms with van der Waals surface area (Å²) in [5, 5.41) is 7.91. The molecule has 1 aromatic heterocycles. The van der Waals surface area contributed by atoms with Crippen molar-refractivity contribution in [1.82, 2.24) is 20.0 Å². The maximum atomic E-state index is 4.31. The Kier molecular flexibility index (Phi) is 7.30. The van der Waals surface area contributed by atoms with Gasteiger partial charge in [-0.3, -0.25) is 9.58 Å². The van der Waals surface area contributed by atoms with Gasteiger partial charge in [0.25, 0.3) is 0 Å². The molecule has 4 nitrogen and oxygen atoms in total. The Morgan fingerprint density at radius 2 is 1.90 bits per heavy atom. The van der Waals surface area contributed by atoms with Crippen LogP contribution in [0, 0.1) is 0 Å². The van der Waals surface area contributed by atoms with E-state index >= 15 is 0 Å². The van der Waals surface area contributed by atoms with Crippen molar-refractivity contribution in [2.75, 3.05) is 26.2 Å². The molecule has 0 radical (unpaired) electrons. The van der Waals surface area contributed by atoms with E-state index in [0.717, 1.165) is 19.6 Å². The van der Waals surface area contributed by atoms with E-state index in [2.05, 4.69) is 26.2 Å². The molecule has 3 rings (SSSR count). The average Bonchev–Trinajstić information content (AvgIpc) is 2.92. The summed E-state index contributed by atoms with van der Waals surface area (Å²) in [6, 6.07) is 2.01. The molecule has 1 aliphatic heterocycles. The average molecular weight is 321 g/mol. The lowest BCUT2D eigenvalue weighted by molar-refractivity contribution is 0.0243. The van der Waals surface area contributed by atoms with Crippen LogP contribution in [0.25, 0.3) is 0 Å². The lowest BCUT2D eigenvalue weighted by Crippen LogP contribution is -2.62.